The number of hydrogen-bond donors (Lipinski definition) is 0. The highest BCUT2D eigenvalue weighted by atomic mass is 32.2. The molecule has 0 spiro atoms. The molecule has 0 amide bonds. The fourth-order valence-corrected chi connectivity index (χ4v) is 1.65. The lowest BCUT2D eigenvalue weighted by molar-refractivity contribution is -0.143. The number of rotatable bonds is 3. The largest absolute Gasteiger partial charge is 0.416 e. The molecule has 1 aromatic carbocycles. The Kier molecular flexibility index (Phi) is 4.39. The van der Waals surface area contributed by atoms with E-state index >= 15 is 0 Å². The second-order valence-corrected chi connectivity index (χ2v) is 5.48. The van der Waals surface area contributed by atoms with Gasteiger partial charge in [0.1, 0.15) is 0 Å². The van der Waals surface area contributed by atoms with Gasteiger partial charge in [-0.05, 0) is 17.7 Å². The molecule has 0 saturated carbocycles. The van der Waals surface area contributed by atoms with E-state index in [1.165, 1.54) is 0 Å². The molecule has 0 atom stereocenters. The van der Waals surface area contributed by atoms with Crippen molar-refractivity contribution in [2.24, 2.45) is 0 Å². The molecule has 114 valence electrons. The lowest BCUT2D eigenvalue weighted by atomic mass is 10.0. The molecule has 0 aliphatic rings. The number of hydrogen-bond acceptors (Lipinski definition) is 3. The molecule has 0 bridgehead atoms. The third-order valence-electron chi connectivity index (χ3n) is 2.17. The van der Waals surface area contributed by atoms with E-state index in [4.69, 9.17) is 0 Å². The molecule has 0 aromatic heterocycles. The predicted octanol–water partition coefficient (Wildman–Crippen LogP) is 3.20. The second kappa shape index (κ2) is 5.24. The topological polar surface area (TPSA) is 43.4 Å². The summed E-state index contributed by atoms with van der Waals surface area (Å²) < 4.78 is 101. The Bertz CT molecular complexity index is 588. The van der Waals surface area contributed by atoms with Crippen LogP contribution in [0.2, 0.25) is 0 Å². The molecular formula is C10H8F6O3S. The van der Waals surface area contributed by atoms with Gasteiger partial charge >= 0.3 is 12.4 Å². The van der Waals surface area contributed by atoms with Crippen LogP contribution in [0.1, 0.15) is 16.7 Å². The summed E-state index contributed by atoms with van der Waals surface area (Å²) in [6.45, 7) is -0.994. The highest BCUT2D eigenvalue weighted by Crippen LogP contribution is 2.37. The van der Waals surface area contributed by atoms with Crippen molar-refractivity contribution in [3.05, 3.63) is 34.9 Å². The van der Waals surface area contributed by atoms with E-state index in [9.17, 15) is 34.8 Å². The lowest BCUT2D eigenvalue weighted by Crippen LogP contribution is -2.15. The maximum atomic E-state index is 12.7. The highest BCUT2D eigenvalue weighted by Gasteiger charge is 2.38. The van der Waals surface area contributed by atoms with Gasteiger partial charge in [0.2, 0.25) is 0 Å². The van der Waals surface area contributed by atoms with Crippen LogP contribution in [0.15, 0.2) is 18.2 Å². The van der Waals surface area contributed by atoms with Crippen molar-refractivity contribution in [1.82, 2.24) is 0 Å². The van der Waals surface area contributed by atoms with Gasteiger partial charge in [-0.3, -0.25) is 4.18 Å². The summed E-state index contributed by atoms with van der Waals surface area (Å²) in [5.74, 6) is 0. The average Bonchev–Trinajstić information content (AvgIpc) is 2.22. The fourth-order valence-electron chi connectivity index (χ4n) is 1.31. The Labute approximate surface area is 110 Å². The molecule has 3 nitrogen and oxygen atoms in total. The molecule has 0 aliphatic heterocycles. The van der Waals surface area contributed by atoms with Gasteiger partial charge in [0.05, 0.1) is 24.0 Å². The van der Waals surface area contributed by atoms with Gasteiger partial charge in [0.15, 0.2) is 0 Å². The maximum Gasteiger partial charge on any atom is 0.416 e. The first-order chi connectivity index (χ1) is 8.81. The molecule has 0 aliphatic carbocycles. The Morgan fingerprint density at radius 1 is 1.05 bits per heavy atom. The van der Waals surface area contributed by atoms with Crippen molar-refractivity contribution in [3.63, 3.8) is 0 Å². The molecule has 10 heteroatoms. The van der Waals surface area contributed by atoms with E-state index in [0.717, 1.165) is 0 Å². The van der Waals surface area contributed by atoms with Gasteiger partial charge in [-0.15, -0.1) is 0 Å². The minimum atomic E-state index is -5.06. The van der Waals surface area contributed by atoms with Gasteiger partial charge in [-0.25, -0.2) is 0 Å². The first-order valence-corrected chi connectivity index (χ1v) is 6.74. The number of alkyl halides is 6. The summed E-state index contributed by atoms with van der Waals surface area (Å²) in [4.78, 5) is 0. The molecule has 1 rings (SSSR count). The summed E-state index contributed by atoms with van der Waals surface area (Å²) in [6, 6.07) is 0.883. The number of halogens is 6. The van der Waals surface area contributed by atoms with Crippen LogP contribution in [-0.2, 0) is 33.3 Å². The van der Waals surface area contributed by atoms with E-state index in [-0.39, 0.29) is 6.07 Å². The molecule has 0 unspecified atom stereocenters. The van der Waals surface area contributed by atoms with Crippen molar-refractivity contribution >= 4 is 10.1 Å². The summed E-state index contributed by atoms with van der Waals surface area (Å²) in [5.41, 5.74) is -3.76. The Morgan fingerprint density at radius 2 is 1.60 bits per heavy atom. The van der Waals surface area contributed by atoms with E-state index in [0.29, 0.717) is 18.4 Å². The van der Waals surface area contributed by atoms with Gasteiger partial charge in [-0.1, -0.05) is 6.07 Å². The molecule has 20 heavy (non-hydrogen) atoms. The maximum absolute atomic E-state index is 12.7. The van der Waals surface area contributed by atoms with Crippen molar-refractivity contribution in [2.75, 3.05) is 6.26 Å². The molecule has 1 aromatic rings. The van der Waals surface area contributed by atoms with Gasteiger partial charge in [0.25, 0.3) is 10.1 Å². The molecule has 0 fully saturated rings. The minimum absolute atomic E-state index is 0.0824. The second-order valence-electron chi connectivity index (χ2n) is 3.83. The number of benzene rings is 1. The van der Waals surface area contributed by atoms with Crippen molar-refractivity contribution in [3.8, 4) is 0 Å². The van der Waals surface area contributed by atoms with Gasteiger partial charge in [-0.2, -0.15) is 34.8 Å². The Hall–Kier alpha value is -1.29. The van der Waals surface area contributed by atoms with Crippen LogP contribution in [-0.4, -0.2) is 14.7 Å². The van der Waals surface area contributed by atoms with Crippen LogP contribution in [0, 0.1) is 0 Å². The zero-order valence-corrected chi connectivity index (χ0v) is 10.7. The zero-order chi connectivity index (χ0) is 15.8. The van der Waals surface area contributed by atoms with Crippen LogP contribution in [0.4, 0.5) is 26.3 Å². The van der Waals surface area contributed by atoms with Gasteiger partial charge in [0, 0.05) is 0 Å². The standard InChI is InChI=1S/C10H8F6O3S/c1-20(17,18)19-5-6-2-3-7(9(11,12)13)4-8(6)10(14,15)16/h2-4H,5H2,1H3. The fraction of sp³-hybridized carbons (Fsp3) is 0.400. The summed E-state index contributed by atoms with van der Waals surface area (Å²) in [6.07, 6.45) is -9.38. The van der Waals surface area contributed by atoms with Crippen LogP contribution < -0.4 is 0 Å². The Balaban J connectivity index is 3.25. The summed E-state index contributed by atoms with van der Waals surface area (Å²) in [5, 5.41) is 0. The smallest absolute Gasteiger partial charge is 0.265 e. The Morgan fingerprint density at radius 3 is 2.00 bits per heavy atom. The molecule has 0 saturated heterocycles. The molecule has 0 heterocycles. The van der Waals surface area contributed by atoms with Crippen LogP contribution in [0.25, 0.3) is 0 Å². The van der Waals surface area contributed by atoms with E-state index in [1.807, 2.05) is 0 Å². The SMILES string of the molecule is CS(=O)(=O)OCc1ccc(C(F)(F)F)cc1C(F)(F)F. The summed E-state index contributed by atoms with van der Waals surface area (Å²) in [7, 11) is -4.01. The van der Waals surface area contributed by atoms with Crippen LogP contribution in [0.3, 0.4) is 0 Å². The minimum Gasteiger partial charge on any atom is -0.265 e. The normalized spacial score (nSPS) is 13.6. The average molecular weight is 322 g/mol. The molecular weight excluding hydrogens is 314 g/mol. The predicted molar refractivity (Wildman–Crippen MR) is 56.1 cm³/mol. The van der Waals surface area contributed by atoms with E-state index in [1.54, 1.807) is 0 Å². The van der Waals surface area contributed by atoms with E-state index in [2.05, 4.69) is 4.18 Å². The van der Waals surface area contributed by atoms with Crippen molar-refractivity contribution in [2.45, 2.75) is 19.0 Å². The quantitative estimate of drug-likeness (QED) is 0.634. The van der Waals surface area contributed by atoms with E-state index < -0.39 is 45.8 Å². The zero-order valence-electron chi connectivity index (χ0n) is 9.84. The van der Waals surface area contributed by atoms with Crippen molar-refractivity contribution < 1.29 is 38.9 Å². The van der Waals surface area contributed by atoms with Gasteiger partial charge < -0.3 is 0 Å². The van der Waals surface area contributed by atoms with Crippen LogP contribution >= 0.6 is 0 Å². The first kappa shape index (κ1) is 16.8. The third-order valence-corrected chi connectivity index (χ3v) is 2.72. The van der Waals surface area contributed by atoms with Crippen LogP contribution in [0.5, 0.6) is 0 Å². The molecule has 0 radical (unpaired) electrons. The molecule has 0 N–H and O–H groups in total. The lowest BCUT2D eigenvalue weighted by Gasteiger charge is -2.15. The van der Waals surface area contributed by atoms with Crippen molar-refractivity contribution in [1.29, 1.82) is 0 Å². The summed E-state index contributed by atoms with van der Waals surface area (Å²) >= 11 is 0. The first-order valence-electron chi connectivity index (χ1n) is 4.92. The third kappa shape index (κ3) is 4.67. The monoisotopic (exact) mass is 322 g/mol. The highest BCUT2D eigenvalue weighted by molar-refractivity contribution is 7.85.